The number of hydrogen-bond acceptors (Lipinski definition) is 11. The van der Waals surface area contributed by atoms with Crippen LogP contribution in [0.1, 0.15) is 30.4 Å². The summed E-state index contributed by atoms with van der Waals surface area (Å²) in [4.78, 5) is 32.0. The second-order valence-corrected chi connectivity index (χ2v) is 12.9. The van der Waals surface area contributed by atoms with E-state index in [2.05, 4.69) is 49.5 Å². The van der Waals surface area contributed by atoms with Crippen LogP contribution in [-0.4, -0.2) is 111 Å². The first-order valence-corrected chi connectivity index (χ1v) is 16.9. The third-order valence-electron chi connectivity index (χ3n) is 9.24. The Morgan fingerprint density at radius 3 is 2.15 bits per heavy atom. The molecule has 0 amide bonds. The van der Waals surface area contributed by atoms with E-state index in [0.717, 1.165) is 73.8 Å². The lowest BCUT2D eigenvalue weighted by Crippen LogP contribution is -2.68. The lowest BCUT2D eigenvalue weighted by Gasteiger charge is -2.56. The average Bonchev–Trinajstić information content (AvgIpc) is 3.59. The van der Waals surface area contributed by atoms with Gasteiger partial charge in [0.1, 0.15) is 17.6 Å². The molecule has 20 heteroatoms. The van der Waals surface area contributed by atoms with Gasteiger partial charge in [-0.2, -0.15) is 36.7 Å². The normalized spacial score (nSPS) is 18.5. The maximum absolute atomic E-state index is 10.6. The number of halogens is 6. The Labute approximate surface area is 309 Å². The van der Waals surface area contributed by atoms with Crippen molar-refractivity contribution < 1.29 is 55.6 Å². The van der Waals surface area contributed by atoms with E-state index >= 15 is 0 Å². The van der Waals surface area contributed by atoms with Crippen molar-refractivity contribution in [2.45, 2.75) is 50.2 Å². The largest absolute Gasteiger partial charge is 0.492 e. The van der Waals surface area contributed by atoms with Crippen LogP contribution in [0.3, 0.4) is 0 Å². The number of hydrogen-bond donors (Lipinski definition) is 3. The zero-order valence-electron chi connectivity index (χ0n) is 29.2. The summed E-state index contributed by atoms with van der Waals surface area (Å²) in [5, 5.41) is 31.8. The number of anilines is 1. The fourth-order valence-corrected chi connectivity index (χ4v) is 6.44. The predicted molar refractivity (Wildman–Crippen MR) is 182 cm³/mol. The summed E-state index contributed by atoms with van der Waals surface area (Å²) in [5.74, 6) is -2.58. The summed E-state index contributed by atoms with van der Waals surface area (Å²) in [6.45, 7) is 5.58. The second-order valence-electron chi connectivity index (χ2n) is 12.9. The summed E-state index contributed by atoms with van der Waals surface area (Å²) in [5.41, 5.74) is 4.37. The molecule has 3 N–H and O–H groups in total. The van der Waals surface area contributed by atoms with Gasteiger partial charge in [0, 0.05) is 61.3 Å². The highest BCUT2D eigenvalue weighted by atomic mass is 19.4. The number of piperidine rings is 2. The lowest BCUT2D eigenvalue weighted by atomic mass is 9.87. The summed E-state index contributed by atoms with van der Waals surface area (Å²) in [7, 11) is 1.64. The lowest BCUT2D eigenvalue weighted by molar-refractivity contribution is -0.193. The van der Waals surface area contributed by atoms with E-state index in [0.29, 0.717) is 36.1 Å². The number of alkyl halides is 6. The highest BCUT2D eigenvalue weighted by Gasteiger charge is 2.44. The molecule has 4 aliphatic heterocycles. The summed E-state index contributed by atoms with van der Waals surface area (Å²) in [6.07, 6.45) is 0.606. The van der Waals surface area contributed by atoms with Crippen LogP contribution in [0.15, 0.2) is 55.1 Å². The van der Waals surface area contributed by atoms with E-state index in [-0.39, 0.29) is 0 Å². The third kappa shape index (κ3) is 10.3. The van der Waals surface area contributed by atoms with Gasteiger partial charge in [-0.3, -0.25) is 4.90 Å². The fourth-order valence-electron chi connectivity index (χ4n) is 6.44. The van der Waals surface area contributed by atoms with Gasteiger partial charge in [-0.15, -0.1) is 0 Å². The minimum absolute atomic E-state index is 0.510. The second kappa shape index (κ2) is 17.2. The number of methoxy groups -OCH3 is 1. The number of nitrogens with zero attached hydrogens (tertiary/aromatic N) is 7. The number of carboxylic acids is 2. The van der Waals surface area contributed by atoms with Gasteiger partial charge in [0.2, 0.25) is 5.88 Å². The minimum Gasteiger partial charge on any atom is -0.492 e. The smallest absolute Gasteiger partial charge is 0.490 e. The van der Waals surface area contributed by atoms with Crippen molar-refractivity contribution in [1.82, 2.24) is 29.8 Å². The molecule has 0 saturated carbocycles. The zero-order valence-corrected chi connectivity index (χ0v) is 29.2. The molecule has 55 heavy (non-hydrogen) atoms. The molecule has 2 atom stereocenters. The molecule has 0 aromatic carbocycles. The summed E-state index contributed by atoms with van der Waals surface area (Å²) < 4.78 is 76.7. The van der Waals surface area contributed by atoms with Crippen LogP contribution >= 0.6 is 0 Å². The van der Waals surface area contributed by atoms with Crippen LogP contribution < -0.4 is 19.7 Å². The molecule has 14 nitrogen and oxygen atoms in total. The molecule has 294 valence electrons. The van der Waals surface area contributed by atoms with Crippen molar-refractivity contribution in [2.75, 3.05) is 44.8 Å². The van der Waals surface area contributed by atoms with Crippen LogP contribution in [0.5, 0.6) is 11.6 Å². The van der Waals surface area contributed by atoms with Crippen LogP contribution in [0.4, 0.5) is 32.2 Å². The van der Waals surface area contributed by atoms with E-state index in [9.17, 15) is 31.6 Å². The number of aromatic nitrogens is 4. The number of nitriles is 1. The first kappa shape index (κ1) is 40.5. The highest BCUT2D eigenvalue weighted by molar-refractivity contribution is 5.85. The molecule has 0 radical (unpaired) electrons. The number of ether oxygens (including phenoxy) is 2. The average molecular weight is 779 g/mol. The van der Waals surface area contributed by atoms with Gasteiger partial charge >= 0.3 is 24.3 Å². The molecule has 8 heterocycles. The van der Waals surface area contributed by atoms with Crippen molar-refractivity contribution in [3.05, 3.63) is 66.2 Å². The Kier molecular flexibility index (Phi) is 12.7. The van der Waals surface area contributed by atoms with Crippen LogP contribution in [0.2, 0.25) is 0 Å². The van der Waals surface area contributed by atoms with Crippen molar-refractivity contribution in [3.63, 3.8) is 0 Å². The number of pyridine rings is 3. The predicted octanol–water partition coefficient (Wildman–Crippen LogP) is 4.78. The zero-order chi connectivity index (χ0) is 39.9. The van der Waals surface area contributed by atoms with Crippen molar-refractivity contribution >= 4 is 23.3 Å². The maximum Gasteiger partial charge on any atom is 0.490 e. The molecule has 4 aliphatic rings. The highest BCUT2D eigenvalue weighted by Crippen LogP contribution is 2.37. The Balaban J connectivity index is 0.000000355. The number of piperazine rings is 1. The Bertz CT molecular complexity index is 1940. The molecule has 2 unspecified atom stereocenters. The van der Waals surface area contributed by atoms with E-state index in [4.69, 9.17) is 34.3 Å². The first-order chi connectivity index (χ1) is 26.1. The number of aliphatic carboxylic acids is 2. The Hall–Kier alpha value is -5.68. The molecule has 4 aromatic heterocycles. The molecular formula is C35H36F6N8O6. The van der Waals surface area contributed by atoms with Crippen LogP contribution in [0.25, 0.3) is 16.6 Å². The molecule has 2 bridgehead atoms. The Morgan fingerprint density at radius 2 is 1.62 bits per heavy atom. The van der Waals surface area contributed by atoms with Gasteiger partial charge in [0.25, 0.3) is 0 Å². The van der Waals surface area contributed by atoms with Crippen molar-refractivity contribution in [1.29, 1.82) is 5.26 Å². The SMILES string of the molecule is COc1ccc(CN2C3CC2CN(c2ccc(-c4cc(OCC5CCNCC5)cn5ncc(C#N)c45)cn2)C3)cn1.O=C(O)C(F)(F)F.O=C(O)C(F)(F)F. The van der Waals surface area contributed by atoms with Crippen LogP contribution in [-0.2, 0) is 16.1 Å². The van der Waals surface area contributed by atoms with E-state index in [1.807, 2.05) is 30.7 Å². The standard InChI is InChI=1S/C31H34N8O2.2C2HF3O2/c1-40-30-5-2-22(13-35-30)16-38-25-10-26(38)18-37(17-25)29-4-3-23(14-34-29)28-11-27(41-20-21-6-8-33-9-7-21)19-39-31(28)24(12-32)15-36-39;2*3-2(4,5)1(6)7/h2-5,11,13-15,19,21,25-26,33H,6-10,16-18,20H2,1H3;2*(H,6,7). The molecule has 4 aromatic rings. The third-order valence-corrected chi connectivity index (χ3v) is 9.24. The number of carboxylic acid groups (broad SMARTS) is 2. The van der Waals surface area contributed by atoms with Gasteiger partial charge in [0.05, 0.1) is 37.2 Å². The molecule has 0 aliphatic carbocycles. The molecule has 4 fully saturated rings. The number of fused-ring (bicyclic) bond motifs is 3. The molecule has 8 rings (SSSR count). The van der Waals surface area contributed by atoms with Gasteiger partial charge < -0.3 is 29.9 Å². The topological polar surface area (TPSA) is 178 Å². The van der Waals surface area contributed by atoms with Crippen molar-refractivity contribution in [3.8, 4) is 28.8 Å². The number of carbonyl (C=O) groups is 2. The first-order valence-electron chi connectivity index (χ1n) is 16.9. The van der Waals surface area contributed by atoms with E-state index in [1.165, 1.54) is 12.0 Å². The van der Waals surface area contributed by atoms with Gasteiger partial charge in [-0.25, -0.2) is 24.1 Å². The minimum atomic E-state index is -5.08. The van der Waals surface area contributed by atoms with E-state index < -0.39 is 24.3 Å². The van der Waals surface area contributed by atoms with Gasteiger partial charge in [-0.05, 0) is 62.0 Å². The summed E-state index contributed by atoms with van der Waals surface area (Å²) >= 11 is 0. The quantitative estimate of drug-likeness (QED) is 0.209. The molecule has 0 spiro atoms. The van der Waals surface area contributed by atoms with Gasteiger partial charge in [-0.1, -0.05) is 6.07 Å². The van der Waals surface area contributed by atoms with Gasteiger partial charge in [0.15, 0.2) is 0 Å². The summed E-state index contributed by atoms with van der Waals surface area (Å²) in [6, 6.07) is 13.6. The monoisotopic (exact) mass is 778 g/mol. The van der Waals surface area contributed by atoms with Crippen molar-refractivity contribution in [2.24, 2.45) is 5.92 Å². The number of rotatable bonds is 8. The van der Waals surface area contributed by atoms with Crippen LogP contribution in [0, 0.1) is 17.2 Å². The molecule has 4 saturated heterocycles. The maximum atomic E-state index is 10.6. The number of nitrogens with one attached hydrogen (secondary N) is 1. The Morgan fingerprint density at radius 1 is 0.964 bits per heavy atom. The van der Waals surface area contributed by atoms with E-state index in [1.54, 1.807) is 17.8 Å². The fraction of sp³-hybridized carbons (Fsp3) is 0.429. The molecular weight excluding hydrogens is 742 g/mol.